The lowest BCUT2D eigenvalue weighted by atomic mass is 10.1. The van der Waals surface area contributed by atoms with E-state index < -0.39 is 50.8 Å². The Bertz CT molecular complexity index is 2920. The highest BCUT2D eigenvalue weighted by Gasteiger charge is 2.21. The second-order valence-electron chi connectivity index (χ2n) is 12.1. The molecular weight excluding hydrogens is 789 g/mol. The van der Waals surface area contributed by atoms with Gasteiger partial charge in [0, 0.05) is 28.6 Å². The van der Waals surface area contributed by atoms with Crippen LogP contribution >= 0.6 is 0 Å². The number of rotatable bonds is 12. The van der Waals surface area contributed by atoms with E-state index in [1.165, 1.54) is 72.8 Å². The molecule has 6 rings (SSSR count). The van der Waals surface area contributed by atoms with Gasteiger partial charge < -0.3 is 9.50 Å². The summed E-state index contributed by atoms with van der Waals surface area (Å²) < 4.78 is 98.1. The van der Waals surface area contributed by atoms with E-state index in [1.54, 1.807) is 31.2 Å². The highest BCUT2D eigenvalue weighted by molar-refractivity contribution is 7.87. The van der Waals surface area contributed by atoms with Crippen LogP contribution in [0.5, 0.6) is 5.75 Å². The van der Waals surface area contributed by atoms with E-state index in [-0.39, 0.29) is 27.4 Å². The summed E-state index contributed by atoms with van der Waals surface area (Å²) in [7, 11) is -13.5. The van der Waals surface area contributed by atoms with Gasteiger partial charge in [0.25, 0.3) is 25.9 Å². The number of nitrogens with zero attached hydrogens (tertiary/aromatic N) is 5. The van der Waals surface area contributed by atoms with Crippen molar-refractivity contribution in [2.45, 2.75) is 28.5 Å². The van der Waals surface area contributed by atoms with Crippen molar-refractivity contribution in [3.05, 3.63) is 137 Å². The number of nitro benzene ring substituents is 1. The number of nitro groups is 1. The highest BCUT2D eigenvalue weighted by atomic mass is 32.2. The number of aryl methyl sites for hydroxylation is 2. The predicted octanol–water partition coefficient (Wildman–Crippen LogP) is 9.20. The minimum absolute atomic E-state index is 0.00316. The van der Waals surface area contributed by atoms with Gasteiger partial charge in [0.05, 0.1) is 38.3 Å². The Hall–Kier alpha value is -6.45. The first-order valence-corrected chi connectivity index (χ1v) is 20.3. The molecule has 17 nitrogen and oxygen atoms in total. The molecule has 0 bridgehead atoms. The molecule has 0 radical (unpaired) electrons. The molecule has 0 heterocycles. The van der Waals surface area contributed by atoms with Crippen molar-refractivity contribution in [3.8, 4) is 5.75 Å². The molecule has 0 spiro atoms. The van der Waals surface area contributed by atoms with Crippen molar-refractivity contribution in [2.24, 2.45) is 20.5 Å². The first-order valence-electron chi connectivity index (χ1n) is 16.0. The second kappa shape index (κ2) is 15.4. The number of nitrogens with one attached hydrogen (secondary N) is 1. The molecule has 6 aromatic carbocycles. The van der Waals surface area contributed by atoms with Crippen molar-refractivity contribution >= 4 is 80.9 Å². The van der Waals surface area contributed by atoms with Crippen LogP contribution in [0.3, 0.4) is 0 Å². The zero-order valence-corrected chi connectivity index (χ0v) is 31.4. The van der Waals surface area contributed by atoms with E-state index in [2.05, 4.69) is 25.8 Å². The van der Waals surface area contributed by atoms with Crippen LogP contribution in [0.15, 0.2) is 150 Å². The third-order valence-corrected chi connectivity index (χ3v) is 11.0. The Kier molecular flexibility index (Phi) is 10.8. The lowest BCUT2D eigenvalue weighted by Crippen LogP contribution is -2.10. The third-order valence-electron chi connectivity index (χ3n) is 8.05. The number of azo groups is 2. The Balaban J connectivity index is 1.25. The van der Waals surface area contributed by atoms with Gasteiger partial charge >= 0.3 is 10.1 Å². The molecule has 0 amide bonds. The van der Waals surface area contributed by atoms with Gasteiger partial charge in [-0.05, 0) is 104 Å². The highest BCUT2D eigenvalue weighted by Crippen LogP contribution is 2.38. The van der Waals surface area contributed by atoms with Gasteiger partial charge in [0.1, 0.15) is 15.5 Å². The standard InChI is InChI=1S/C36H28N6O11S3/c1-22-3-11-28(12-4-22)56(51,52)53-35-18-9-26(19-23(35)2)39-41-33-17-16-32(30-14-13-29(21-31(30)33)54(45,46)47)40-38-25-7-5-24(6-8-25)37-34-15-10-27(42(43)44)20-36(34)55(48,49)50/h3-21,37H,1-2H3,(H,45,46,47)(H,48,49,50). The van der Waals surface area contributed by atoms with Gasteiger partial charge in [-0.25, -0.2) is 0 Å². The van der Waals surface area contributed by atoms with Crippen molar-refractivity contribution in [2.75, 3.05) is 5.32 Å². The van der Waals surface area contributed by atoms with Crippen LogP contribution in [0.2, 0.25) is 0 Å². The van der Waals surface area contributed by atoms with Gasteiger partial charge in [-0.1, -0.05) is 23.8 Å². The quantitative estimate of drug-likeness (QED) is 0.0343. The fourth-order valence-corrected chi connectivity index (χ4v) is 7.39. The molecule has 0 unspecified atom stereocenters. The molecule has 3 N–H and O–H groups in total. The van der Waals surface area contributed by atoms with Crippen molar-refractivity contribution in [1.82, 2.24) is 0 Å². The summed E-state index contributed by atoms with van der Waals surface area (Å²) in [6, 6.07) is 26.6. The van der Waals surface area contributed by atoms with Crippen LogP contribution < -0.4 is 9.50 Å². The van der Waals surface area contributed by atoms with E-state index >= 15 is 0 Å². The number of hydrogen-bond acceptors (Lipinski definition) is 14. The maximum atomic E-state index is 12.8. The molecule has 20 heteroatoms. The topological polar surface area (TPSA) is 257 Å². The van der Waals surface area contributed by atoms with E-state index in [0.717, 1.165) is 23.8 Å². The molecule has 0 aromatic heterocycles. The lowest BCUT2D eigenvalue weighted by Gasteiger charge is -2.10. The van der Waals surface area contributed by atoms with Crippen LogP contribution in [-0.2, 0) is 30.4 Å². The number of hydrogen-bond donors (Lipinski definition) is 3. The lowest BCUT2D eigenvalue weighted by molar-refractivity contribution is -0.385. The fraction of sp³-hybridized carbons (Fsp3) is 0.0556. The summed E-state index contributed by atoms with van der Waals surface area (Å²) >= 11 is 0. The average molecular weight is 817 g/mol. The molecule has 286 valence electrons. The Morgan fingerprint density at radius 2 is 1.23 bits per heavy atom. The zero-order valence-electron chi connectivity index (χ0n) is 29.0. The first-order chi connectivity index (χ1) is 26.4. The van der Waals surface area contributed by atoms with E-state index in [9.17, 15) is 44.5 Å². The summed E-state index contributed by atoms with van der Waals surface area (Å²) in [5.41, 5.74) is 2.22. The molecule has 0 aliphatic rings. The number of benzene rings is 6. The number of anilines is 2. The Labute approximate surface area is 319 Å². The largest absolute Gasteiger partial charge is 0.379 e. The number of fused-ring (bicyclic) bond motifs is 1. The monoisotopic (exact) mass is 816 g/mol. The second-order valence-corrected chi connectivity index (χ2v) is 16.4. The number of non-ortho nitro benzene ring substituents is 1. The molecule has 56 heavy (non-hydrogen) atoms. The molecule has 6 aromatic rings. The van der Waals surface area contributed by atoms with E-state index in [4.69, 9.17) is 4.18 Å². The molecule has 0 saturated heterocycles. The maximum Gasteiger partial charge on any atom is 0.339 e. The normalized spacial score (nSPS) is 12.4. The van der Waals surface area contributed by atoms with E-state index in [0.29, 0.717) is 33.7 Å². The molecule has 0 aliphatic carbocycles. The van der Waals surface area contributed by atoms with E-state index in [1.807, 2.05) is 6.92 Å². The summed E-state index contributed by atoms with van der Waals surface area (Å²) in [5.74, 6) is 0.0872. The maximum absolute atomic E-state index is 12.8. The zero-order chi connectivity index (χ0) is 40.4. The molecular formula is C36H28N6O11S3. The predicted molar refractivity (Wildman–Crippen MR) is 205 cm³/mol. The van der Waals surface area contributed by atoms with Gasteiger partial charge in [-0.3, -0.25) is 19.2 Å². The minimum atomic E-state index is -4.81. The van der Waals surface area contributed by atoms with Crippen LogP contribution in [-0.4, -0.2) is 39.3 Å². The molecule has 0 saturated carbocycles. The molecule has 0 fully saturated rings. The van der Waals surface area contributed by atoms with Gasteiger partial charge in [-0.15, -0.1) is 10.2 Å². The van der Waals surface area contributed by atoms with Crippen molar-refractivity contribution < 1.29 is 43.5 Å². The van der Waals surface area contributed by atoms with Crippen LogP contribution in [0.1, 0.15) is 11.1 Å². The van der Waals surface area contributed by atoms with Crippen LogP contribution in [0, 0.1) is 24.0 Å². The summed E-state index contributed by atoms with van der Waals surface area (Å²) in [5, 5.41) is 31.6. The third kappa shape index (κ3) is 9.08. The Morgan fingerprint density at radius 3 is 1.84 bits per heavy atom. The first kappa shape index (κ1) is 39.2. The summed E-state index contributed by atoms with van der Waals surface area (Å²) in [6.45, 7) is 3.47. The SMILES string of the molecule is Cc1ccc(S(=O)(=O)Oc2ccc(N=Nc3ccc(N=Nc4ccc(Nc5ccc([N+](=O)[O-])cc5S(=O)(=O)O)cc4)c4ccc(S(=O)(=O)O)cc34)cc2C)cc1. The molecule has 0 aliphatic heterocycles. The fourth-order valence-electron chi connectivity index (χ4n) is 5.22. The van der Waals surface area contributed by atoms with Crippen LogP contribution in [0.4, 0.5) is 39.8 Å². The smallest absolute Gasteiger partial charge is 0.339 e. The molecule has 0 atom stereocenters. The summed E-state index contributed by atoms with van der Waals surface area (Å²) in [6.07, 6.45) is 0. The van der Waals surface area contributed by atoms with Crippen molar-refractivity contribution in [1.29, 1.82) is 0 Å². The minimum Gasteiger partial charge on any atom is -0.379 e. The van der Waals surface area contributed by atoms with Crippen molar-refractivity contribution in [3.63, 3.8) is 0 Å². The van der Waals surface area contributed by atoms with Crippen LogP contribution in [0.25, 0.3) is 10.8 Å². The Morgan fingerprint density at radius 1 is 0.625 bits per heavy atom. The average Bonchev–Trinajstić information content (AvgIpc) is 3.14. The summed E-state index contributed by atoms with van der Waals surface area (Å²) in [4.78, 5) is 9.20. The van der Waals surface area contributed by atoms with Gasteiger partial charge in [-0.2, -0.15) is 35.5 Å². The van der Waals surface area contributed by atoms with Gasteiger partial charge in [0.15, 0.2) is 0 Å². The van der Waals surface area contributed by atoms with Gasteiger partial charge in [0.2, 0.25) is 0 Å².